The van der Waals surface area contributed by atoms with Crippen LogP contribution < -0.4 is 11.1 Å². The third-order valence-corrected chi connectivity index (χ3v) is 15.0. The number of hydrogen-bond acceptors (Lipinski definition) is 8. The number of nitrogens with one attached hydrogen (secondary N) is 2. The first-order valence-corrected chi connectivity index (χ1v) is 23.6. The number of hydrogen-bond donors (Lipinski definition) is 9. The Labute approximate surface area is 368 Å². The van der Waals surface area contributed by atoms with Crippen molar-refractivity contribution in [2.45, 2.75) is 134 Å². The summed E-state index contributed by atoms with van der Waals surface area (Å²) < 4.78 is 0. The van der Waals surface area contributed by atoms with Gasteiger partial charge in [-0.05, 0) is 129 Å². The van der Waals surface area contributed by atoms with Gasteiger partial charge in [0.05, 0.1) is 29.5 Å². The molecule has 2 fully saturated rings. The Kier molecular flexibility index (Phi) is 15.3. The number of allylic oxidation sites excluding steroid dienone is 3. The van der Waals surface area contributed by atoms with Gasteiger partial charge in [0.15, 0.2) is 0 Å². The zero-order valence-electron chi connectivity index (χ0n) is 36.6. The van der Waals surface area contributed by atoms with Crippen molar-refractivity contribution in [3.8, 4) is 22.8 Å². The molecule has 0 spiro atoms. The number of aromatic hydroxyl groups is 2. The molecule has 62 heavy (non-hydrogen) atoms. The SMILES string of the molecule is CCCCC[C@@H]1C=C[C@@H](CCCCC[C@H](C(=O)O)[C@H](O)[C@H]2CC[C@@H]3[C@@H](CC4=CCNC(N)=C4)C[C@H](Cc4ccc(-c5cc(O)cc(O)c5Cc5ccccc5)[nH]4)[C@]3(O)C2)[C@H](O)C1. The molecular weight excluding hydrogens is 779 g/mol. The van der Waals surface area contributed by atoms with Crippen molar-refractivity contribution < 1.29 is 35.4 Å². The number of carboxylic acids is 1. The summed E-state index contributed by atoms with van der Waals surface area (Å²) in [6, 6.07) is 16.9. The summed E-state index contributed by atoms with van der Waals surface area (Å²) in [4.78, 5) is 16.3. The number of benzene rings is 2. The van der Waals surface area contributed by atoms with E-state index in [1.807, 2.05) is 48.5 Å². The lowest BCUT2D eigenvalue weighted by atomic mass is 9.64. The van der Waals surface area contributed by atoms with Gasteiger partial charge < -0.3 is 46.7 Å². The van der Waals surface area contributed by atoms with Crippen molar-refractivity contribution in [3.05, 3.63) is 107 Å². The highest BCUT2D eigenvalue weighted by Crippen LogP contribution is 2.57. The zero-order chi connectivity index (χ0) is 43.8. The van der Waals surface area contributed by atoms with E-state index in [1.165, 1.54) is 25.3 Å². The van der Waals surface area contributed by atoms with Crippen LogP contribution in [0.15, 0.2) is 90.3 Å². The third-order valence-electron chi connectivity index (χ3n) is 15.0. The van der Waals surface area contributed by atoms with Crippen molar-refractivity contribution in [1.29, 1.82) is 0 Å². The van der Waals surface area contributed by atoms with Crippen LogP contribution >= 0.6 is 0 Å². The van der Waals surface area contributed by atoms with Crippen LogP contribution in [-0.4, -0.2) is 65.9 Å². The minimum absolute atomic E-state index is 0.0182. The molecule has 1 aromatic heterocycles. The summed E-state index contributed by atoms with van der Waals surface area (Å²) in [7, 11) is 0. The fraction of sp³-hybridized carbons (Fsp3) is 0.558. The number of nitrogens with two attached hydrogens (primary N) is 1. The van der Waals surface area contributed by atoms with Crippen LogP contribution in [0.4, 0.5) is 0 Å². The standard InChI is InChI=1S/C52H71N3O7/c1-2-3-6-11-34-16-17-36(47(57)26-34)14-9-5-10-15-42(51(60)61)50(59)37-18-20-45-38(24-35-22-23-54-49(53)27-35)28-39(52(45,62)32-37)29-40-19-21-46(55-40)43-30-41(56)31-48(58)44(43)25-33-12-7-4-8-13-33/h4,7-8,12-13,16-17,19,21-22,27,30-31,34,36-39,42,45,47,50,54-59,62H,2-3,5-6,9-11,14-15,18,20,23-26,28-29,32,53H2,1H3,(H,60,61)/t34-,36-,37+,38+,39-,42+,45-,47-,50-,52-/m1/s1. The number of phenols is 2. The van der Waals surface area contributed by atoms with Gasteiger partial charge >= 0.3 is 5.97 Å². The Hall–Kier alpha value is -4.51. The van der Waals surface area contributed by atoms with E-state index < -0.39 is 23.6 Å². The molecule has 4 aliphatic rings. The Bertz CT molecular complexity index is 2040. The lowest BCUT2D eigenvalue weighted by molar-refractivity contribution is -0.152. The van der Waals surface area contributed by atoms with Gasteiger partial charge in [-0.1, -0.05) is 94.0 Å². The van der Waals surface area contributed by atoms with Gasteiger partial charge in [0.1, 0.15) is 11.5 Å². The number of unbranched alkanes of at least 4 members (excludes halogenated alkanes) is 4. The number of fused-ring (bicyclic) bond motifs is 1. The van der Waals surface area contributed by atoms with Gasteiger partial charge in [-0.3, -0.25) is 4.79 Å². The quantitative estimate of drug-likeness (QED) is 0.0395. The molecule has 3 aromatic rings. The maximum absolute atomic E-state index is 13.0. The molecule has 2 heterocycles. The molecule has 0 amide bonds. The Morgan fingerprint density at radius 3 is 2.52 bits per heavy atom. The van der Waals surface area contributed by atoms with Gasteiger partial charge in [-0.25, -0.2) is 0 Å². The molecule has 10 heteroatoms. The zero-order valence-corrected chi connectivity index (χ0v) is 36.6. The maximum atomic E-state index is 13.0. The number of phenolic OH excluding ortho intramolecular Hbond substituents is 2. The normalized spacial score (nSPS) is 28.1. The Morgan fingerprint density at radius 2 is 1.76 bits per heavy atom. The molecular formula is C52H71N3O7. The van der Waals surface area contributed by atoms with Gasteiger partial charge in [-0.15, -0.1) is 0 Å². The van der Waals surface area contributed by atoms with Crippen LogP contribution in [0.5, 0.6) is 11.5 Å². The number of aromatic nitrogens is 1. The van der Waals surface area contributed by atoms with E-state index in [0.29, 0.717) is 74.4 Å². The molecule has 0 saturated heterocycles. The second kappa shape index (κ2) is 20.8. The molecule has 10 atom stereocenters. The second-order valence-electron chi connectivity index (χ2n) is 19.2. The molecule has 1 aliphatic heterocycles. The summed E-state index contributed by atoms with van der Waals surface area (Å²) in [5.74, 6) is -1.01. The average Bonchev–Trinajstić information content (AvgIpc) is 3.82. The molecule has 7 rings (SSSR count). The van der Waals surface area contributed by atoms with Gasteiger partial charge in [0.25, 0.3) is 0 Å². The number of rotatable bonds is 20. The average molecular weight is 850 g/mol. The molecule has 0 unspecified atom stereocenters. The highest BCUT2D eigenvalue weighted by Gasteiger charge is 2.57. The molecule has 10 N–H and O–H groups in total. The number of aromatic amines is 1. The van der Waals surface area contributed by atoms with E-state index >= 15 is 0 Å². The van der Waals surface area contributed by atoms with Crippen molar-refractivity contribution in [1.82, 2.24) is 10.3 Å². The second-order valence-corrected chi connectivity index (χ2v) is 19.2. The highest BCUT2D eigenvalue weighted by atomic mass is 16.4. The van der Waals surface area contributed by atoms with Crippen LogP contribution in [0.3, 0.4) is 0 Å². The number of aliphatic hydroxyl groups excluding tert-OH is 2. The fourth-order valence-electron chi connectivity index (χ4n) is 11.7. The fourth-order valence-corrected chi connectivity index (χ4v) is 11.7. The molecule has 3 aliphatic carbocycles. The molecule has 336 valence electrons. The summed E-state index contributed by atoms with van der Waals surface area (Å²) in [6.45, 7) is 2.87. The van der Waals surface area contributed by atoms with Crippen molar-refractivity contribution in [3.63, 3.8) is 0 Å². The minimum atomic E-state index is -1.11. The molecule has 0 radical (unpaired) electrons. The lowest BCUT2D eigenvalue weighted by Crippen LogP contribution is -2.50. The van der Waals surface area contributed by atoms with Crippen molar-refractivity contribution >= 4 is 5.97 Å². The van der Waals surface area contributed by atoms with Crippen molar-refractivity contribution in [2.75, 3.05) is 6.54 Å². The van der Waals surface area contributed by atoms with Crippen LogP contribution in [-0.2, 0) is 17.6 Å². The smallest absolute Gasteiger partial charge is 0.309 e. The topological polar surface area (TPSA) is 192 Å². The highest BCUT2D eigenvalue weighted by molar-refractivity contribution is 5.71. The van der Waals surface area contributed by atoms with Gasteiger partial charge in [-0.2, -0.15) is 0 Å². The summed E-state index contributed by atoms with van der Waals surface area (Å²) in [5.41, 5.74) is 10.3. The molecule has 2 aromatic carbocycles. The molecule has 0 bridgehead atoms. The Morgan fingerprint density at radius 1 is 0.952 bits per heavy atom. The van der Waals surface area contributed by atoms with Crippen LogP contribution in [0.25, 0.3) is 11.3 Å². The van der Waals surface area contributed by atoms with Gasteiger partial charge in [0, 0.05) is 47.5 Å². The van der Waals surface area contributed by atoms with E-state index in [-0.39, 0.29) is 47.2 Å². The summed E-state index contributed by atoms with van der Waals surface area (Å²) in [6.07, 6.45) is 20.8. The summed E-state index contributed by atoms with van der Waals surface area (Å²) in [5, 5.41) is 70.7. The number of H-pyrrole nitrogens is 1. The summed E-state index contributed by atoms with van der Waals surface area (Å²) >= 11 is 0. The molecule has 10 nitrogen and oxygen atoms in total. The number of aliphatic hydroxyl groups is 3. The third kappa shape index (κ3) is 11.0. The number of carboxylic acid groups (broad SMARTS) is 1. The lowest BCUT2D eigenvalue weighted by Gasteiger charge is -2.45. The van der Waals surface area contributed by atoms with E-state index in [4.69, 9.17) is 5.73 Å². The monoisotopic (exact) mass is 850 g/mol. The van der Waals surface area contributed by atoms with Crippen LogP contribution in [0.1, 0.15) is 120 Å². The van der Waals surface area contributed by atoms with Crippen molar-refractivity contribution in [2.24, 2.45) is 47.2 Å². The molecule has 2 saturated carbocycles. The van der Waals surface area contributed by atoms with E-state index in [9.17, 15) is 35.4 Å². The Balaban J connectivity index is 1.02. The maximum Gasteiger partial charge on any atom is 0.309 e. The van der Waals surface area contributed by atoms with Crippen LogP contribution in [0.2, 0.25) is 0 Å². The van der Waals surface area contributed by atoms with Crippen LogP contribution in [0, 0.1) is 41.4 Å². The predicted molar refractivity (Wildman–Crippen MR) is 244 cm³/mol. The predicted octanol–water partition coefficient (Wildman–Crippen LogP) is 8.88. The minimum Gasteiger partial charge on any atom is -0.508 e. The van der Waals surface area contributed by atoms with E-state index in [1.54, 1.807) is 6.07 Å². The van der Waals surface area contributed by atoms with Gasteiger partial charge in [0.2, 0.25) is 0 Å². The first-order chi connectivity index (χ1) is 29.9. The number of dihydropyridines is 1. The number of carbonyl (C=O) groups is 1. The first kappa shape index (κ1) is 45.5. The largest absolute Gasteiger partial charge is 0.508 e. The van der Waals surface area contributed by atoms with E-state index in [0.717, 1.165) is 67.5 Å². The number of aliphatic carboxylic acids is 1. The first-order valence-electron chi connectivity index (χ1n) is 23.6. The van der Waals surface area contributed by atoms with E-state index in [2.05, 4.69) is 35.5 Å².